The summed E-state index contributed by atoms with van der Waals surface area (Å²) >= 11 is 5.60. The highest BCUT2D eigenvalue weighted by Gasteiger charge is 2.12. The van der Waals surface area contributed by atoms with Crippen molar-refractivity contribution in [3.8, 4) is 0 Å². The maximum absolute atomic E-state index is 12.1. The molecule has 82 valence electrons. The standard InChI is InChI=1S/C9H8ClFO3S/c10-8-3-1-7(2-4-8)9(12)5-6-15(11,13)14/h1-4H,5-6H2. The largest absolute Gasteiger partial charge is 0.302 e. The van der Waals surface area contributed by atoms with Crippen molar-refractivity contribution < 1.29 is 17.1 Å². The van der Waals surface area contributed by atoms with Gasteiger partial charge in [0.2, 0.25) is 0 Å². The fraction of sp³-hybridized carbons (Fsp3) is 0.222. The number of rotatable bonds is 4. The van der Waals surface area contributed by atoms with Crippen LogP contribution in [0.5, 0.6) is 0 Å². The summed E-state index contributed by atoms with van der Waals surface area (Å²) in [6.07, 6.45) is -0.361. The third-order valence-electron chi connectivity index (χ3n) is 1.74. The first-order chi connectivity index (χ1) is 6.88. The normalized spacial score (nSPS) is 11.3. The van der Waals surface area contributed by atoms with Gasteiger partial charge in [0.05, 0.1) is 5.75 Å². The number of ketones is 1. The predicted molar refractivity (Wildman–Crippen MR) is 55.3 cm³/mol. The van der Waals surface area contributed by atoms with Crippen LogP contribution < -0.4 is 0 Å². The first-order valence-corrected chi connectivity index (χ1v) is 6.02. The zero-order valence-electron chi connectivity index (χ0n) is 7.61. The Hall–Kier alpha value is -0.940. The molecule has 0 N–H and O–H groups in total. The van der Waals surface area contributed by atoms with E-state index >= 15 is 0 Å². The molecule has 0 amide bonds. The van der Waals surface area contributed by atoms with Crippen LogP contribution in [0.1, 0.15) is 16.8 Å². The van der Waals surface area contributed by atoms with E-state index in [4.69, 9.17) is 11.6 Å². The van der Waals surface area contributed by atoms with E-state index in [1.165, 1.54) is 24.3 Å². The monoisotopic (exact) mass is 250 g/mol. The summed E-state index contributed by atoms with van der Waals surface area (Å²) in [6.45, 7) is 0. The lowest BCUT2D eigenvalue weighted by atomic mass is 10.1. The van der Waals surface area contributed by atoms with Gasteiger partial charge < -0.3 is 0 Å². The molecule has 0 bridgehead atoms. The Balaban J connectivity index is 2.66. The van der Waals surface area contributed by atoms with Crippen LogP contribution in [0.2, 0.25) is 5.02 Å². The average Bonchev–Trinajstić information content (AvgIpc) is 2.14. The van der Waals surface area contributed by atoms with Crippen molar-refractivity contribution in [2.24, 2.45) is 0 Å². The molecular formula is C9H8ClFO3S. The van der Waals surface area contributed by atoms with Crippen LogP contribution in [0.15, 0.2) is 24.3 Å². The van der Waals surface area contributed by atoms with Crippen molar-refractivity contribution in [3.63, 3.8) is 0 Å². The molecule has 15 heavy (non-hydrogen) atoms. The number of Topliss-reactive ketones (excluding diaryl/α,β-unsaturated/α-hetero) is 1. The van der Waals surface area contributed by atoms with Crippen LogP contribution in [0.3, 0.4) is 0 Å². The van der Waals surface area contributed by atoms with Crippen molar-refractivity contribution in [3.05, 3.63) is 34.9 Å². The minimum atomic E-state index is -4.58. The van der Waals surface area contributed by atoms with Crippen LogP contribution in [0.25, 0.3) is 0 Å². The first-order valence-electron chi connectivity index (χ1n) is 4.09. The molecule has 0 atom stereocenters. The number of carbonyl (C=O) groups is 1. The summed E-state index contributed by atoms with van der Waals surface area (Å²) in [5, 5.41) is 0.477. The van der Waals surface area contributed by atoms with Gasteiger partial charge in [0.15, 0.2) is 5.78 Å². The molecule has 0 aliphatic carbocycles. The lowest BCUT2D eigenvalue weighted by Gasteiger charge is -1.98. The molecule has 1 aromatic carbocycles. The Labute approximate surface area is 92.1 Å². The van der Waals surface area contributed by atoms with Crippen molar-refractivity contribution in [1.82, 2.24) is 0 Å². The van der Waals surface area contributed by atoms with Crippen LogP contribution >= 0.6 is 11.6 Å². The molecule has 0 unspecified atom stereocenters. The Bertz CT molecular complexity index is 453. The molecule has 0 aliphatic rings. The van der Waals surface area contributed by atoms with E-state index < -0.39 is 21.8 Å². The third kappa shape index (κ3) is 4.40. The SMILES string of the molecule is O=C(CCS(=O)(=O)F)c1ccc(Cl)cc1. The first kappa shape index (κ1) is 12.1. The van der Waals surface area contributed by atoms with Gasteiger partial charge in [-0.25, -0.2) is 0 Å². The predicted octanol–water partition coefficient (Wildman–Crippen LogP) is 2.21. The molecule has 0 fully saturated rings. The maximum Gasteiger partial charge on any atom is 0.302 e. The van der Waals surface area contributed by atoms with Gasteiger partial charge in [-0.05, 0) is 24.3 Å². The van der Waals surface area contributed by atoms with Crippen molar-refractivity contribution in [2.45, 2.75) is 6.42 Å². The van der Waals surface area contributed by atoms with E-state index in [2.05, 4.69) is 0 Å². The Morgan fingerprint density at radius 3 is 2.27 bits per heavy atom. The highest BCUT2D eigenvalue weighted by molar-refractivity contribution is 7.86. The summed E-state index contributed by atoms with van der Waals surface area (Å²) in [6, 6.07) is 5.96. The molecule has 1 rings (SSSR count). The molecule has 0 saturated heterocycles. The summed E-state index contributed by atoms with van der Waals surface area (Å²) in [5.41, 5.74) is 0.322. The van der Waals surface area contributed by atoms with Gasteiger partial charge in [0.25, 0.3) is 0 Å². The van der Waals surface area contributed by atoms with Gasteiger partial charge in [-0.3, -0.25) is 4.79 Å². The van der Waals surface area contributed by atoms with Crippen LogP contribution in [0, 0.1) is 0 Å². The van der Waals surface area contributed by atoms with Gasteiger partial charge in [-0.2, -0.15) is 8.42 Å². The molecule has 1 aromatic rings. The number of halogens is 2. The molecule has 0 aromatic heterocycles. The molecule has 6 heteroatoms. The summed E-state index contributed by atoms with van der Waals surface area (Å²) in [4.78, 5) is 11.3. The van der Waals surface area contributed by atoms with Gasteiger partial charge in [-0.15, -0.1) is 3.89 Å². The Morgan fingerprint density at radius 2 is 1.80 bits per heavy atom. The Morgan fingerprint density at radius 1 is 1.27 bits per heavy atom. The Kier molecular flexibility index (Phi) is 3.82. The summed E-state index contributed by atoms with van der Waals surface area (Å²) in [7, 11) is -4.58. The molecule has 0 aliphatic heterocycles. The second-order valence-corrected chi connectivity index (χ2v) is 4.85. The van der Waals surface area contributed by atoms with E-state index in [9.17, 15) is 17.1 Å². The summed E-state index contributed by atoms with van der Waals surface area (Å²) in [5.74, 6) is -1.21. The topological polar surface area (TPSA) is 51.2 Å². The minimum absolute atomic E-state index is 0.322. The summed E-state index contributed by atoms with van der Waals surface area (Å²) < 4.78 is 32.5. The van der Waals surface area contributed by atoms with Gasteiger partial charge in [0.1, 0.15) is 0 Å². The van der Waals surface area contributed by atoms with Gasteiger partial charge in [0, 0.05) is 17.0 Å². The molecule has 3 nitrogen and oxygen atoms in total. The molecule has 0 heterocycles. The van der Waals surface area contributed by atoms with Gasteiger partial charge >= 0.3 is 10.2 Å². The fourth-order valence-electron chi connectivity index (χ4n) is 0.995. The van der Waals surface area contributed by atoms with E-state index in [-0.39, 0.29) is 6.42 Å². The molecule has 0 radical (unpaired) electrons. The fourth-order valence-corrected chi connectivity index (χ4v) is 1.55. The number of carbonyl (C=O) groups excluding carboxylic acids is 1. The van der Waals surface area contributed by atoms with Gasteiger partial charge in [-0.1, -0.05) is 11.6 Å². The second-order valence-electron chi connectivity index (χ2n) is 2.92. The van der Waals surface area contributed by atoms with E-state index in [0.717, 1.165) is 0 Å². The molecule has 0 saturated carbocycles. The zero-order valence-corrected chi connectivity index (χ0v) is 9.18. The maximum atomic E-state index is 12.1. The average molecular weight is 251 g/mol. The lowest BCUT2D eigenvalue weighted by molar-refractivity contribution is 0.0988. The zero-order chi connectivity index (χ0) is 11.5. The van der Waals surface area contributed by atoms with Crippen molar-refractivity contribution >= 4 is 27.6 Å². The lowest BCUT2D eigenvalue weighted by Crippen LogP contribution is -2.06. The minimum Gasteiger partial charge on any atom is -0.294 e. The third-order valence-corrected chi connectivity index (χ3v) is 2.68. The number of hydrogen-bond acceptors (Lipinski definition) is 3. The molecule has 0 spiro atoms. The number of benzene rings is 1. The smallest absolute Gasteiger partial charge is 0.294 e. The van der Waals surface area contributed by atoms with E-state index in [0.29, 0.717) is 10.6 Å². The van der Waals surface area contributed by atoms with Crippen LogP contribution in [0.4, 0.5) is 3.89 Å². The highest BCUT2D eigenvalue weighted by Crippen LogP contribution is 2.11. The van der Waals surface area contributed by atoms with E-state index in [1.54, 1.807) is 0 Å². The van der Waals surface area contributed by atoms with Crippen molar-refractivity contribution in [1.29, 1.82) is 0 Å². The highest BCUT2D eigenvalue weighted by atomic mass is 35.5. The van der Waals surface area contributed by atoms with E-state index in [1.807, 2.05) is 0 Å². The van der Waals surface area contributed by atoms with Crippen LogP contribution in [-0.2, 0) is 10.2 Å². The second kappa shape index (κ2) is 4.72. The quantitative estimate of drug-likeness (QED) is 0.608. The van der Waals surface area contributed by atoms with Crippen LogP contribution in [-0.4, -0.2) is 20.0 Å². The number of hydrogen-bond donors (Lipinski definition) is 0. The van der Waals surface area contributed by atoms with Crippen molar-refractivity contribution in [2.75, 3.05) is 5.75 Å². The molecular weight excluding hydrogens is 243 g/mol.